The Balaban J connectivity index is 1.71. The number of amides is 2. The number of piperidine rings is 1. The quantitative estimate of drug-likeness (QED) is 0.823. The van der Waals surface area contributed by atoms with Gasteiger partial charge in [-0.05, 0) is 63.6 Å². The zero-order valence-corrected chi connectivity index (χ0v) is 15.4. The third kappa shape index (κ3) is 3.33. The van der Waals surface area contributed by atoms with Crippen molar-refractivity contribution in [1.29, 1.82) is 0 Å². The van der Waals surface area contributed by atoms with Crippen LogP contribution in [-0.2, 0) is 16.0 Å². The molecule has 2 fully saturated rings. The van der Waals surface area contributed by atoms with Crippen LogP contribution in [0.15, 0.2) is 18.2 Å². The highest BCUT2D eigenvalue weighted by Crippen LogP contribution is 2.39. The number of carbonyl (C=O) groups is 2. The van der Waals surface area contributed by atoms with Gasteiger partial charge in [0.1, 0.15) is 5.54 Å². The highest BCUT2D eigenvalue weighted by Gasteiger charge is 2.52. The van der Waals surface area contributed by atoms with E-state index in [9.17, 15) is 18.4 Å². The summed E-state index contributed by atoms with van der Waals surface area (Å²) in [4.78, 5) is 29.6. The molecule has 4 nitrogen and oxygen atoms in total. The van der Waals surface area contributed by atoms with Gasteiger partial charge < -0.3 is 9.80 Å². The average Bonchev–Trinajstić information content (AvgIpc) is 3.02. The summed E-state index contributed by atoms with van der Waals surface area (Å²) in [5.41, 5.74) is -0.113. The minimum atomic E-state index is -0.900. The molecule has 26 heavy (non-hydrogen) atoms. The van der Waals surface area contributed by atoms with Crippen molar-refractivity contribution < 1.29 is 18.4 Å². The summed E-state index contributed by atoms with van der Waals surface area (Å²) in [5.74, 6) is -1.80. The van der Waals surface area contributed by atoms with Gasteiger partial charge in [0.2, 0.25) is 11.8 Å². The van der Waals surface area contributed by atoms with E-state index < -0.39 is 17.2 Å². The predicted molar refractivity (Wildman–Crippen MR) is 94.4 cm³/mol. The highest BCUT2D eigenvalue weighted by atomic mass is 19.2. The third-order valence-electron chi connectivity index (χ3n) is 5.67. The lowest BCUT2D eigenvalue weighted by Crippen LogP contribution is -2.62. The number of carbonyl (C=O) groups excluding carboxylic acids is 2. The maximum Gasteiger partial charge on any atom is 0.248 e. The largest absolute Gasteiger partial charge is 0.338 e. The number of benzene rings is 1. The van der Waals surface area contributed by atoms with Crippen LogP contribution in [0.5, 0.6) is 0 Å². The normalized spacial score (nSPS) is 23.3. The molecule has 0 radical (unpaired) electrons. The minimum Gasteiger partial charge on any atom is -0.338 e. The van der Waals surface area contributed by atoms with Crippen LogP contribution in [0.25, 0.3) is 0 Å². The molecule has 1 aromatic carbocycles. The van der Waals surface area contributed by atoms with Crippen LogP contribution in [0.3, 0.4) is 0 Å². The lowest BCUT2D eigenvalue weighted by molar-refractivity contribution is -0.156. The number of nitrogens with zero attached hydrogens (tertiary/aromatic N) is 2. The monoisotopic (exact) mass is 364 g/mol. The third-order valence-corrected chi connectivity index (χ3v) is 5.67. The number of aryl methyl sites for hydroxylation is 1. The molecule has 2 amide bonds. The first-order valence-electron chi connectivity index (χ1n) is 9.40. The molecular formula is C20H26F2N2O2. The predicted octanol–water partition coefficient (Wildman–Crippen LogP) is 3.29. The molecule has 2 aliphatic heterocycles. The van der Waals surface area contributed by atoms with Crippen LogP contribution < -0.4 is 0 Å². The van der Waals surface area contributed by atoms with E-state index in [1.54, 1.807) is 4.90 Å². The topological polar surface area (TPSA) is 40.6 Å². The summed E-state index contributed by atoms with van der Waals surface area (Å²) >= 11 is 0. The van der Waals surface area contributed by atoms with Gasteiger partial charge in [-0.15, -0.1) is 0 Å². The number of rotatable bonds is 4. The zero-order valence-electron chi connectivity index (χ0n) is 15.4. The zero-order chi connectivity index (χ0) is 18.9. The maximum atomic E-state index is 13.3. The van der Waals surface area contributed by atoms with E-state index in [4.69, 9.17) is 0 Å². The Kier molecular flexibility index (Phi) is 5.30. The van der Waals surface area contributed by atoms with E-state index in [2.05, 4.69) is 0 Å². The van der Waals surface area contributed by atoms with Crippen LogP contribution in [0, 0.1) is 11.6 Å². The maximum absolute atomic E-state index is 13.3. The van der Waals surface area contributed by atoms with Crippen LogP contribution >= 0.6 is 0 Å². The average molecular weight is 364 g/mol. The summed E-state index contributed by atoms with van der Waals surface area (Å²) < 4.78 is 26.4. The molecule has 2 aliphatic rings. The molecule has 0 aliphatic carbocycles. The first kappa shape index (κ1) is 18.8. The number of hydrogen-bond donors (Lipinski definition) is 0. The van der Waals surface area contributed by atoms with Gasteiger partial charge in [-0.25, -0.2) is 8.78 Å². The molecule has 1 spiro atoms. The van der Waals surface area contributed by atoms with E-state index in [1.165, 1.54) is 6.07 Å². The van der Waals surface area contributed by atoms with Crippen LogP contribution in [0.2, 0.25) is 0 Å². The van der Waals surface area contributed by atoms with Crippen LogP contribution in [-0.4, -0.2) is 46.3 Å². The van der Waals surface area contributed by atoms with Crippen molar-refractivity contribution in [2.75, 3.05) is 13.1 Å². The molecule has 0 aromatic heterocycles. The molecule has 142 valence electrons. The van der Waals surface area contributed by atoms with E-state index in [-0.39, 0.29) is 24.3 Å². The summed E-state index contributed by atoms with van der Waals surface area (Å²) in [5, 5.41) is 0. The van der Waals surface area contributed by atoms with Crippen molar-refractivity contribution in [2.24, 2.45) is 0 Å². The molecule has 2 saturated heterocycles. The smallest absolute Gasteiger partial charge is 0.248 e. The summed E-state index contributed by atoms with van der Waals surface area (Å²) in [6.45, 7) is 5.34. The van der Waals surface area contributed by atoms with E-state index in [0.717, 1.165) is 31.5 Å². The van der Waals surface area contributed by atoms with E-state index in [1.807, 2.05) is 18.7 Å². The summed E-state index contributed by atoms with van der Waals surface area (Å²) in [7, 11) is 0. The Bertz CT molecular complexity index is 707. The first-order chi connectivity index (χ1) is 12.3. The van der Waals surface area contributed by atoms with Crippen LogP contribution in [0.1, 0.15) is 51.5 Å². The standard InChI is InChI=1S/C20H26F2N2O2/c1-14(2)23-11-3-9-20(19(23)26)10-4-12-24(20)18(25)8-6-15-5-7-16(21)17(22)13-15/h5,7,13-14H,3-4,6,8-12H2,1-2H3. The van der Waals surface area contributed by atoms with Gasteiger partial charge >= 0.3 is 0 Å². The molecule has 1 aromatic rings. The van der Waals surface area contributed by atoms with Crippen molar-refractivity contribution in [1.82, 2.24) is 9.80 Å². The fraction of sp³-hybridized carbons (Fsp3) is 0.600. The lowest BCUT2D eigenvalue weighted by Gasteiger charge is -2.46. The second-order valence-corrected chi connectivity index (χ2v) is 7.62. The van der Waals surface area contributed by atoms with Gasteiger partial charge in [-0.1, -0.05) is 6.07 Å². The fourth-order valence-corrected chi connectivity index (χ4v) is 4.32. The van der Waals surface area contributed by atoms with Gasteiger partial charge in [-0.2, -0.15) is 0 Å². The molecule has 1 unspecified atom stereocenters. The van der Waals surface area contributed by atoms with Gasteiger partial charge in [0.25, 0.3) is 0 Å². The van der Waals surface area contributed by atoms with Crippen LogP contribution in [0.4, 0.5) is 8.78 Å². The first-order valence-corrected chi connectivity index (χ1v) is 9.40. The highest BCUT2D eigenvalue weighted by molar-refractivity contribution is 5.93. The second-order valence-electron chi connectivity index (χ2n) is 7.62. The molecule has 2 heterocycles. The van der Waals surface area contributed by atoms with Crippen molar-refractivity contribution in [3.8, 4) is 0 Å². The molecule has 1 atom stereocenters. The Labute approximate surface area is 153 Å². The summed E-state index contributed by atoms with van der Waals surface area (Å²) in [6.07, 6.45) is 3.69. The van der Waals surface area contributed by atoms with Gasteiger partial charge in [0.15, 0.2) is 11.6 Å². The molecular weight excluding hydrogens is 338 g/mol. The van der Waals surface area contributed by atoms with E-state index in [0.29, 0.717) is 31.4 Å². The Morgan fingerprint density at radius 2 is 1.85 bits per heavy atom. The molecule has 0 bridgehead atoms. The Hall–Kier alpha value is -1.98. The van der Waals surface area contributed by atoms with Gasteiger partial charge in [0.05, 0.1) is 0 Å². The van der Waals surface area contributed by atoms with E-state index >= 15 is 0 Å². The Morgan fingerprint density at radius 3 is 2.50 bits per heavy atom. The molecule has 0 N–H and O–H groups in total. The SMILES string of the molecule is CC(C)N1CCCC2(CCCN2C(=O)CCc2ccc(F)c(F)c2)C1=O. The van der Waals surface area contributed by atoms with Crippen molar-refractivity contribution in [2.45, 2.75) is 64.0 Å². The number of hydrogen-bond acceptors (Lipinski definition) is 2. The second kappa shape index (κ2) is 7.33. The van der Waals surface area contributed by atoms with Gasteiger partial charge in [-0.3, -0.25) is 9.59 Å². The minimum absolute atomic E-state index is 0.0671. The fourth-order valence-electron chi connectivity index (χ4n) is 4.32. The van der Waals surface area contributed by atoms with Crippen molar-refractivity contribution in [3.05, 3.63) is 35.4 Å². The molecule has 0 saturated carbocycles. The number of likely N-dealkylation sites (tertiary alicyclic amines) is 2. The van der Waals surface area contributed by atoms with Crippen molar-refractivity contribution >= 4 is 11.8 Å². The number of halogens is 2. The molecule has 6 heteroatoms. The van der Waals surface area contributed by atoms with Crippen molar-refractivity contribution in [3.63, 3.8) is 0 Å². The molecule has 3 rings (SSSR count). The van der Waals surface area contributed by atoms with Gasteiger partial charge in [0, 0.05) is 25.6 Å². The summed E-state index contributed by atoms with van der Waals surface area (Å²) in [6, 6.07) is 3.84. The Morgan fingerprint density at radius 1 is 1.15 bits per heavy atom. The lowest BCUT2D eigenvalue weighted by atomic mass is 9.84.